The molecule has 2 amide bonds. The van der Waals surface area contributed by atoms with Gasteiger partial charge in [0.05, 0.1) is 5.56 Å². The first-order valence-electron chi connectivity index (χ1n) is 10.1. The number of phenolic OH excluding ortho intramolecular Hbond substituents is 1. The van der Waals surface area contributed by atoms with Crippen LogP contribution >= 0.6 is 0 Å². The summed E-state index contributed by atoms with van der Waals surface area (Å²) in [5.41, 5.74) is 2.42. The molecule has 0 aliphatic carbocycles. The predicted molar refractivity (Wildman–Crippen MR) is 109 cm³/mol. The summed E-state index contributed by atoms with van der Waals surface area (Å²) in [7, 11) is 0. The second kappa shape index (κ2) is 9.93. The van der Waals surface area contributed by atoms with Gasteiger partial charge in [0.25, 0.3) is 5.91 Å². The smallest absolute Gasteiger partial charge is 0.255 e. The Bertz CT molecular complexity index is 805. The van der Waals surface area contributed by atoms with E-state index in [0.29, 0.717) is 37.9 Å². The zero-order valence-electron chi connectivity index (χ0n) is 16.2. The van der Waals surface area contributed by atoms with Crippen molar-refractivity contribution >= 4 is 11.8 Å². The molecule has 0 atom stereocenters. The lowest BCUT2D eigenvalue weighted by atomic mass is 10.0. The Morgan fingerprint density at radius 1 is 1.04 bits per heavy atom. The molecule has 2 aromatic rings. The van der Waals surface area contributed by atoms with Gasteiger partial charge in [-0.25, -0.2) is 0 Å². The molecule has 3 rings (SSSR count). The Hall–Kier alpha value is -2.82. The van der Waals surface area contributed by atoms with Crippen LogP contribution < -0.4 is 5.32 Å². The molecule has 1 saturated heterocycles. The molecule has 0 radical (unpaired) electrons. The summed E-state index contributed by atoms with van der Waals surface area (Å²) in [5.74, 6) is -0.0818. The minimum atomic E-state index is -0.283. The zero-order valence-corrected chi connectivity index (χ0v) is 16.2. The first-order chi connectivity index (χ1) is 13.6. The van der Waals surface area contributed by atoms with Gasteiger partial charge in [-0.1, -0.05) is 42.8 Å². The van der Waals surface area contributed by atoms with Crippen molar-refractivity contribution < 1.29 is 14.7 Å². The van der Waals surface area contributed by atoms with Crippen molar-refractivity contribution in [3.8, 4) is 5.75 Å². The molecular weight excluding hydrogens is 352 g/mol. The van der Waals surface area contributed by atoms with E-state index in [0.717, 1.165) is 36.9 Å². The fourth-order valence-corrected chi connectivity index (χ4v) is 3.55. The lowest BCUT2D eigenvalue weighted by Crippen LogP contribution is -2.34. The highest BCUT2D eigenvalue weighted by molar-refractivity contribution is 5.97. The van der Waals surface area contributed by atoms with Gasteiger partial charge in [-0.05, 0) is 48.9 Å². The number of amides is 2. The summed E-state index contributed by atoms with van der Waals surface area (Å²) in [6.45, 7) is 1.96. The van der Waals surface area contributed by atoms with Crippen molar-refractivity contribution in [3.63, 3.8) is 0 Å². The molecule has 1 fully saturated rings. The number of nitrogens with one attached hydrogen (secondary N) is 1. The third-order valence-corrected chi connectivity index (χ3v) is 5.12. The number of carbonyl (C=O) groups excluding carboxylic acids is 2. The van der Waals surface area contributed by atoms with E-state index in [2.05, 4.69) is 5.32 Å². The summed E-state index contributed by atoms with van der Waals surface area (Å²) in [5, 5.41) is 12.9. The molecule has 5 nitrogen and oxygen atoms in total. The van der Waals surface area contributed by atoms with Crippen LogP contribution in [0.1, 0.15) is 53.6 Å². The molecule has 5 heteroatoms. The van der Waals surface area contributed by atoms with Crippen molar-refractivity contribution in [1.82, 2.24) is 10.2 Å². The Labute approximate surface area is 166 Å². The maximum Gasteiger partial charge on any atom is 0.255 e. The lowest BCUT2D eigenvalue weighted by Gasteiger charge is -2.20. The van der Waals surface area contributed by atoms with Gasteiger partial charge in [0.1, 0.15) is 5.75 Å². The van der Waals surface area contributed by atoms with Crippen LogP contribution in [0.2, 0.25) is 0 Å². The molecule has 2 aromatic carbocycles. The van der Waals surface area contributed by atoms with Gasteiger partial charge < -0.3 is 15.3 Å². The highest BCUT2D eigenvalue weighted by Crippen LogP contribution is 2.20. The predicted octanol–water partition coefficient (Wildman–Crippen LogP) is 3.51. The van der Waals surface area contributed by atoms with Crippen LogP contribution in [0.5, 0.6) is 5.75 Å². The molecule has 148 valence electrons. The molecule has 0 spiro atoms. The van der Waals surface area contributed by atoms with Crippen molar-refractivity contribution in [2.24, 2.45) is 0 Å². The van der Waals surface area contributed by atoms with Crippen molar-refractivity contribution in [3.05, 3.63) is 65.2 Å². The van der Waals surface area contributed by atoms with Gasteiger partial charge in [0.15, 0.2) is 0 Å². The van der Waals surface area contributed by atoms with E-state index in [1.54, 1.807) is 12.1 Å². The van der Waals surface area contributed by atoms with E-state index in [-0.39, 0.29) is 17.6 Å². The number of benzene rings is 2. The van der Waals surface area contributed by atoms with Gasteiger partial charge in [0.2, 0.25) is 5.91 Å². The molecule has 1 aliphatic rings. The molecule has 28 heavy (non-hydrogen) atoms. The maximum absolute atomic E-state index is 12.5. The number of aromatic hydroxyl groups is 1. The standard InChI is InChI=1S/C23H28N2O3/c26-21-12-11-19(16-18-8-3-1-4-9-18)17-20(21)23(28)24-13-7-15-25-14-6-2-5-10-22(25)27/h1,3-4,8-9,11-12,17,26H,2,5-7,10,13-16H2,(H,24,28). The van der Waals surface area contributed by atoms with E-state index < -0.39 is 0 Å². The number of likely N-dealkylation sites (tertiary alicyclic amines) is 1. The summed E-state index contributed by atoms with van der Waals surface area (Å²) in [4.78, 5) is 26.4. The largest absolute Gasteiger partial charge is 0.507 e. The second-order valence-corrected chi connectivity index (χ2v) is 7.31. The van der Waals surface area contributed by atoms with Crippen molar-refractivity contribution in [1.29, 1.82) is 0 Å². The van der Waals surface area contributed by atoms with E-state index in [1.807, 2.05) is 41.3 Å². The quantitative estimate of drug-likeness (QED) is 0.722. The Kier molecular flexibility index (Phi) is 7.06. The van der Waals surface area contributed by atoms with Gasteiger partial charge in [0, 0.05) is 26.1 Å². The third kappa shape index (κ3) is 5.59. The number of carbonyl (C=O) groups is 2. The molecule has 1 aliphatic heterocycles. The molecule has 2 N–H and O–H groups in total. The van der Waals surface area contributed by atoms with Crippen LogP contribution in [0.25, 0.3) is 0 Å². The summed E-state index contributed by atoms with van der Waals surface area (Å²) in [6.07, 6.45) is 5.19. The van der Waals surface area contributed by atoms with Crippen LogP contribution in [0, 0.1) is 0 Å². The van der Waals surface area contributed by atoms with Gasteiger partial charge in [-0.2, -0.15) is 0 Å². The Morgan fingerprint density at radius 2 is 1.86 bits per heavy atom. The van der Waals surface area contributed by atoms with Crippen molar-refractivity contribution in [2.75, 3.05) is 19.6 Å². The van der Waals surface area contributed by atoms with Crippen LogP contribution in [-0.4, -0.2) is 41.5 Å². The van der Waals surface area contributed by atoms with Crippen LogP contribution in [-0.2, 0) is 11.2 Å². The fourth-order valence-electron chi connectivity index (χ4n) is 3.55. The van der Waals surface area contributed by atoms with Crippen LogP contribution in [0.15, 0.2) is 48.5 Å². The SMILES string of the molecule is O=C(NCCCN1CCCCCC1=O)c1cc(Cc2ccccc2)ccc1O. The van der Waals surface area contributed by atoms with Gasteiger partial charge in [-0.3, -0.25) is 9.59 Å². The fraction of sp³-hybridized carbons (Fsp3) is 0.391. The minimum Gasteiger partial charge on any atom is -0.507 e. The first kappa shape index (κ1) is 19.9. The zero-order chi connectivity index (χ0) is 19.8. The molecular formula is C23H28N2O3. The monoisotopic (exact) mass is 380 g/mol. The van der Waals surface area contributed by atoms with Crippen LogP contribution in [0.4, 0.5) is 0 Å². The van der Waals surface area contributed by atoms with E-state index >= 15 is 0 Å². The number of nitrogens with zero attached hydrogens (tertiary/aromatic N) is 1. The third-order valence-electron chi connectivity index (χ3n) is 5.12. The van der Waals surface area contributed by atoms with Gasteiger partial charge >= 0.3 is 0 Å². The number of phenols is 1. The van der Waals surface area contributed by atoms with Gasteiger partial charge in [-0.15, -0.1) is 0 Å². The average Bonchev–Trinajstić information content (AvgIpc) is 2.91. The maximum atomic E-state index is 12.5. The molecule has 0 aromatic heterocycles. The van der Waals surface area contributed by atoms with Crippen LogP contribution in [0.3, 0.4) is 0 Å². The van der Waals surface area contributed by atoms with E-state index in [1.165, 1.54) is 0 Å². The highest BCUT2D eigenvalue weighted by atomic mass is 16.3. The normalized spacial score (nSPS) is 14.6. The van der Waals surface area contributed by atoms with E-state index in [4.69, 9.17) is 0 Å². The number of rotatable bonds is 7. The number of hydrogen-bond donors (Lipinski definition) is 2. The Balaban J connectivity index is 1.52. The first-order valence-corrected chi connectivity index (χ1v) is 10.1. The second-order valence-electron chi connectivity index (χ2n) is 7.31. The topological polar surface area (TPSA) is 69.6 Å². The summed E-state index contributed by atoms with van der Waals surface area (Å²) < 4.78 is 0. The van der Waals surface area contributed by atoms with Crippen molar-refractivity contribution in [2.45, 2.75) is 38.5 Å². The Morgan fingerprint density at radius 3 is 2.68 bits per heavy atom. The summed E-state index contributed by atoms with van der Waals surface area (Å²) in [6, 6.07) is 15.2. The highest BCUT2D eigenvalue weighted by Gasteiger charge is 2.16. The number of hydrogen-bond acceptors (Lipinski definition) is 3. The molecule has 0 bridgehead atoms. The summed E-state index contributed by atoms with van der Waals surface area (Å²) >= 11 is 0. The minimum absolute atomic E-state index is 0.0167. The molecule has 0 saturated carbocycles. The lowest BCUT2D eigenvalue weighted by molar-refractivity contribution is -0.130. The molecule has 1 heterocycles. The van der Waals surface area contributed by atoms with E-state index in [9.17, 15) is 14.7 Å². The molecule has 0 unspecified atom stereocenters. The average molecular weight is 380 g/mol.